The predicted molar refractivity (Wildman–Crippen MR) is 123 cm³/mol. The van der Waals surface area contributed by atoms with Crippen molar-refractivity contribution >= 4 is 46.9 Å². The van der Waals surface area contributed by atoms with Crippen LogP contribution in [0.1, 0.15) is 17.5 Å². The van der Waals surface area contributed by atoms with Gasteiger partial charge in [-0.3, -0.25) is 14.4 Å². The molecule has 1 saturated heterocycles. The zero-order valence-corrected chi connectivity index (χ0v) is 19.3. The number of piperazine rings is 1. The van der Waals surface area contributed by atoms with E-state index in [1.54, 1.807) is 12.1 Å². The maximum absolute atomic E-state index is 12.6. The number of benzene rings is 2. The van der Waals surface area contributed by atoms with Crippen molar-refractivity contribution in [2.45, 2.75) is 37.4 Å². The molecule has 3 amide bonds. The van der Waals surface area contributed by atoms with Crippen molar-refractivity contribution < 1.29 is 23.9 Å². The molecular weight excluding hydrogens is 469 g/mol. The van der Waals surface area contributed by atoms with Crippen molar-refractivity contribution in [2.75, 3.05) is 7.11 Å². The zero-order chi connectivity index (χ0) is 24.0. The van der Waals surface area contributed by atoms with Gasteiger partial charge in [-0.15, -0.1) is 0 Å². The van der Waals surface area contributed by atoms with E-state index in [2.05, 4.69) is 16.0 Å². The number of carbonyl (C=O) groups excluding carboxylic acids is 4. The maximum atomic E-state index is 12.6. The van der Waals surface area contributed by atoms with Crippen LogP contribution in [0, 0.1) is 0 Å². The molecule has 174 valence electrons. The Balaban J connectivity index is 1.60. The van der Waals surface area contributed by atoms with Gasteiger partial charge in [-0.2, -0.15) is 0 Å². The third kappa shape index (κ3) is 6.69. The van der Waals surface area contributed by atoms with Gasteiger partial charge in [0.25, 0.3) is 0 Å². The lowest BCUT2D eigenvalue weighted by Gasteiger charge is -2.29. The molecule has 0 unspecified atom stereocenters. The summed E-state index contributed by atoms with van der Waals surface area (Å²) in [6.07, 6.45) is 0.0673. The maximum Gasteiger partial charge on any atom is 0.328 e. The van der Waals surface area contributed by atoms with Crippen molar-refractivity contribution in [3.8, 4) is 0 Å². The van der Waals surface area contributed by atoms with E-state index in [4.69, 9.17) is 27.9 Å². The normalized spacial score (nSPS) is 18.6. The Labute approximate surface area is 201 Å². The number of hydrogen-bond donors (Lipinski definition) is 3. The molecule has 10 heteroatoms. The summed E-state index contributed by atoms with van der Waals surface area (Å²) in [5.41, 5.74) is 1.49. The first-order chi connectivity index (χ1) is 15.8. The van der Waals surface area contributed by atoms with Crippen LogP contribution in [0.25, 0.3) is 0 Å². The standard InChI is InChI=1S/C23H23Cl2N3O5/c1-33-23(32)19(10-14-7-8-15(24)11-16(14)25)26-20(29)12-18-22(31)27-17(21(30)28-18)9-13-5-3-2-4-6-13/h2-8,11,17-19H,9-10,12H2,1H3,(H,26,29)(H,27,31)(H,28,30)/t17-,18-,19-/m0/s1. The molecule has 3 atom stereocenters. The molecule has 0 saturated carbocycles. The van der Waals surface area contributed by atoms with Gasteiger partial charge < -0.3 is 20.7 Å². The molecule has 2 aromatic rings. The number of esters is 1. The minimum absolute atomic E-state index is 0.0663. The van der Waals surface area contributed by atoms with Gasteiger partial charge in [-0.05, 0) is 23.3 Å². The van der Waals surface area contributed by atoms with Crippen LogP contribution >= 0.6 is 23.2 Å². The highest BCUT2D eigenvalue weighted by Gasteiger charge is 2.35. The van der Waals surface area contributed by atoms with Crippen LogP contribution in [0.5, 0.6) is 0 Å². The Bertz CT molecular complexity index is 1050. The fraction of sp³-hybridized carbons (Fsp3) is 0.304. The van der Waals surface area contributed by atoms with Crippen molar-refractivity contribution in [1.82, 2.24) is 16.0 Å². The average Bonchev–Trinajstić information content (AvgIpc) is 2.78. The molecule has 0 aliphatic carbocycles. The van der Waals surface area contributed by atoms with E-state index in [9.17, 15) is 19.2 Å². The zero-order valence-electron chi connectivity index (χ0n) is 17.8. The molecule has 1 aliphatic heterocycles. The summed E-state index contributed by atoms with van der Waals surface area (Å²) < 4.78 is 4.78. The molecule has 33 heavy (non-hydrogen) atoms. The fourth-order valence-corrected chi connectivity index (χ4v) is 3.98. The van der Waals surface area contributed by atoms with Crippen molar-refractivity contribution in [2.24, 2.45) is 0 Å². The minimum atomic E-state index is -1.05. The molecule has 3 rings (SSSR count). The van der Waals surface area contributed by atoms with Gasteiger partial charge in [-0.25, -0.2) is 4.79 Å². The fourth-order valence-electron chi connectivity index (χ4n) is 3.49. The van der Waals surface area contributed by atoms with Gasteiger partial charge in [0.15, 0.2) is 0 Å². The molecule has 1 heterocycles. The van der Waals surface area contributed by atoms with E-state index in [0.29, 0.717) is 22.0 Å². The average molecular weight is 492 g/mol. The monoisotopic (exact) mass is 491 g/mol. The molecule has 1 aliphatic rings. The SMILES string of the molecule is COC(=O)[C@H](Cc1ccc(Cl)cc1Cl)NC(=O)C[C@@H]1NC(=O)[C@H](Cc2ccccc2)NC1=O. The molecule has 8 nitrogen and oxygen atoms in total. The molecule has 0 radical (unpaired) electrons. The smallest absolute Gasteiger partial charge is 0.328 e. The Hall–Kier alpha value is -3.10. The molecular formula is C23H23Cl2N3O5. The summed E-state index contributed by atoms with van der Waals surface area (Å²) in [5.74, 6) is -2.12. The Morgan fingerprint density at radius 2 is 1.70 bits per heavy atom. The van der Waals surface area contributed by atoms with Gasteiger partial charge in [0.05, 0.1) is 13.5 Å². The molecule has 2 aromatic carbocycles. The van der Waals surface area contributed by atoms with Gasteiger partial charge in [0, 0.05) is 22.9 Å². The first-order valence-corrected chi connectivity index (χ1v) is 11.0. The van der Waals surface area contributed by atoms with E-state index in [-0.39, 0.29) is 18.7 Å². The highest BCUT2D eigenvalue weighted by Crippen LogP contribution is 2.22. The number of ether oxygens (including phenoxy) is 1. The van der Waals surface area contributed by atoms with Crippen molar-refractivity contribution in [3.05, 3.63) is 69.7 Å². The van der Waals surface area contributed by atoms with E-state index < -0.39 is 35.9 Å². The van der Waals surface area contributed by atoms with Crippen molar-refractivity contribution in [1.29, 1.82) is 0 Å². The van der Waals surface area contributed by atoms with Gasteiger partial charge in [0.2, 0.25) is 17.7 Å². The summed E-state index contributed by atoms with van der Waals surface area (Å²) in [4.78, 5) is 49.7. The number of methoxy groups -OCH3 is 1. The van der Waals surface area contributed by atoms with Crippen LogP contribution in [0.3, 0.4) is 0 Å². The highest BCUT2D eigenvalue weighted by atomic mass is 35.5. The largest absolute Gasteiger partial charge is 0.467 e. The first-order valence-electron chi connectivity index (χ1n) is 10.2. The van der Waals surface area contributed by atoms with Gasteiger partial charge in [0.1, 0.15) is 18.1 Å². The number of amides is 3. The van der Waals surface area contributed by atoms with Crippen LogP contribution in [-0.2, 0) is 36.8 Å². The molecule has 1 fully saturated rings. The van der Waals surface area contributed by atoms with E-state index in [0.717, 1.165) is 5.56 Å². The number of carbonyl (C=O) groups is 4. The van der Waals surface area contributed by atoms with Gasteiger partial charge >= 0.3 is 5.97 Å². The second kappa shape index (κ2) is 11.2. The third-order valence-electron chi connectivity index (χ3n) is 5.20. The number of hydrogen-bond acceptors (Lipinski definition) is 5. The minimum Gasteiger partial charge on any atom is -0.467 e. The number of nitrogens with one attached hydrogen (secondary N) is 3. The lowest BCUT2D eigenvalue weighted by molar-refractivity contribution is -0.145. The van der Waals surface area contributed by atoms with E-state index in [1.165, 1.54) is 13.2 Å². The van der Waals surface area contributed by atoms with Gasteiger partial charge in [-0.1, -0.05) is 59.6 Å². The lowest BCUT2D eigenvalue weighted by Crippen LogP contribution is -2.63. The summed E-state index contributed by atoms with van der Waals surface area (Å²) in [6, 6.07) is 11.3. The third-order valence-corrected chi connectivity index (χ3v) is 5.79. The van der Waals surface area contributed by atoms with E-state index in [1.807, 2.05) is 30.3 Å². The topological polar surface area (TPSA) is 114 Å². The number of halogens is 2. The number of rotatable bonds is 8. The van der Waals surface area contributed by atoms with Crippen LogP contribution in [0.4, 0.5) is 0 Å². The second-order valence-corrected chi connectivity index (χ2v) is 8.44. The quantitative estimate of drug-likeness (QED) is 0.487. The van der Waals surface area contributed by atoms with Crippen LogP contribution in [0.15, 0.2) is 48.5 Å². The molecule has 0 aromatic heterocycles. The predicted octanol–water partition coefficient (Wildman–Crippen LogP) is 1.81. The van der Waals surface area contributed by atoms with Crippen LogP contribution < -0.4 is 16.0 Å². The Morgan fingerprint density at radius 3 is 2.36 bits per heavy atom. The van der Waals surface area contributed by atoms with Crippen molar-refractivity contribution in [3.63, 3.8) is 0 Å². The highest BCUT2D eigenvalue weighted by molar-refractivity contribution is 6.35. The van der Waals surface area contributed by atoms with Crippen LogP contribution in [0.2, 0.25) is 10.0 Å². The summed E-state index contributed by atoms with van der Waals surface area (Å²) >= 11 is 12.1. The molecule has 0 spiro atoms. The second-order valence-electron chi connectivity index (χ2n) is 7.60. The Kier molecular flexibility index (Phi) is 8.30. The Morgan fingerprint density at radius 1 is 1.03 bits per heavy atom. The summed E-state index contributed by atoms with van der Waals surface area (Å²) in [6.45, 7) is 0. The van der Waals surface area contributed by atoms with Crippen LogP contribution in [-0.4, -0.2) is 48.9 Å². The lowest BCUT2D eigenvalue weighted by atomic mass is 10.0. The van der Waals surface area contributed by atoms with E-state index >= 15 is 0 Å². The summed E-state index contributed by atoms with van der Waals surface area (Å²) in [5, 5.41) is 8.58. The summed E-state index contributed by atoms with van der Waals surface area (Å²) in [7, 11) is 1.20. The first kappa shape index (κ1) is 24.5. The molecule has 3 N–H and O–H groups in total. The molecule has 0 bridgehead atoms.